The summed E-state index contributed by atoms with van der Waals surface area (Å²) in [5, 5.41) is 54.3. The Morgan fingerprint density at radius 1 is 0.976 bits per heavy atom. The van der Waals surface area contributed by atoms with E-state index in [0.717, 1.165) is 44.9 Å². The smallest absolute Gasteiger partial charge is 0.186 e. The van der Waals surface area contributed by atoms with Gasteiger partial charge in [-0.15, -0.1) is 0 Å². The number of aliphatic hydroxyl groups is 5. The van der Waals surface area contributed by atoms with Gasteiger partial charge in [0.1, 0.15) is 18.3 Å². The van der Waals surface area contributed by atoms with Gasteiger partial charge in [-0.1, -0.05) is 64.8 Å². The van der Waals surface area contributed by atoms with Gasteiger partial charge in [0.25, 0.3) is 0 Å². The zero-order valence-electron chi connectivity index (χ0n) is 27.2. The van der Waals surface area contributed by atoms with Crippen molar-refractivity contribution in [1.29, 1.82) is 0 Å². The maximum atomic E-state index is 12.1. The van der Waals surface area contributed by atoms with Gasteiger partial charge in [0.15, 0.2) is 6.29 Å². The first-order chi connectivity index (χ1) is 19.5. The predicted molar refractivity (Wildman–Crippen MR) is 162 cm³/mol. The molecule has 5 N–H and O–H groups in total. The summed E-state index contributed by atoms with van der Waals surface area (Å²) < 4.78 is 11.9. The van der Waals surface area contributed by atoms with Crippen molar-refractivity contribution in [3.8, 4) is 0 Å². The standard InChI is InChI=1S/C35H58O7/c1-19(2)10-9-11-20(3)27-24(37)17-35(8)30-23(36)16-22-21(33(30,6)14-15-34(27,35)7)12-13-26(32(22,4)5)42-31-29(40)28(39)25(38)18-41-31/h10,16,20-21,23-31,36-40H,9,11-15,17-18H2,1-8H3. The Labute approximate surface area is 253 Å². The molecule has 0 aromatic heterocycles. The molecule has 0 aromatic rings. The maximum absolute atomic E-state index is 12.1. The van der Waals surface area contributed by atoms with E-state index in [1.54, 1.807) is 0 Å². The van der Waals surface area contributed by atoms with E-state index in [4.69, 9.17) is 9.47 Å². The van der Waals surface area contributed by atoms with E-state index >= 15 is 0 Å². The van der Waals surface area contributed by atoms with Crippen LogP contribution in [0.15, 0.2) is 23.3 Å². The molecule has 4 fully saturated rings. The molecule has 7 nitrogen and oxygen atoms in total. The lowest BCUT2D eigenvalue weighted by molar-refractivity contribution is -0.294. The second-order valence-electron chi connectivity index (χ2n) is 16.3. The average molecular weight is 591 g/mol. The van der Waals surface area contributed by atoms with E-state index in [9.17, 15) is 25.5 Å². The number of rotatable bonds is 6. The maximum Gasteiger partial charge on any atom is 0.186 e. The van der Waals surface area contributed by atoms with Gasteiger partial charge in [-0.3, -0.25) is 0 Å². The second kappa shape index (κ2) is 11.2. The molecule has 0 radical (unpaired) electrons. The van der Waals surface area contributed by atoms with Crippen LogP contribution < -0.4 is 0 Å². The van der Waals surface area contributed by atoms with Crippen LogP contribution in [-0.2, 0) is 9.47 Å². The molecule has 0 spiro atoms. The average Bonchev–Trinajstić information content (AvgIpc) is 3.10. The van der Waals surface area contributed by atoms with Crippen molar-refractivity contribution < 1.29 is 35.0 Å². The van der Waals surface area contributed by atoms with Crippen molar-refractivity contribution >= 4 is 0 Å². The molecule has 240 valence electrons. The fraction of sp³-hybridized carbons (Fsp3) is 0.886. The van der Waals surface area contributed by atoms with Crippen LogP contribution in [0.3, 0.4) is 0 Å². The van der Waals surface area contributed by atoms with E-state index in [-0.39, 0.29) is 52.8 Å². The molecule has 0 amide bonds. The summed E-state index contributed by atoms with van der Waals surface area (Å²) in [4.78, 5) is 0. The van der Waals surface area contributed by atoms with Crippen LogP contribution in [-0.4, -0.2) is 75.1 Å². The summed E-state index contributed by atoms with van der Waals surface area (Å²) in [6.07, 6.45) is 4.98. The van der Waals surface area contributed by atoms with Gasteiger partial charge in [-0.2, -0.15) is 0 Å². The molecule has 7 heteroatoms. The largest absolute Gasteiger partial charge is 0.393 e. The number of hydrogen-bond acceptors (Lipinski definition) is 7. The highest BCUT2D eigenvalue weighted by Crippen LogP contribution is 2.75. The van der Waals surface area contributed by atoms with E-state index < -0.39 is 36.1 Å². The van der Waals surface area contributed by atoms with Crippen molar-refractivity contribution in [2.24, 2.45) is 45.3 Å². The fourth-order valence-electron chi connectivity index (χ4n) is 11.0. The minimum Gasteiger partial charge on any atom is -0.393 e. The van der Waals surface area contributed by atoms with Gasteiger partial charge < -0.3 is 35.0 Å². The van der Waals surface area contributed by atoms with Gasteiger partial charge in [0, 0.05) is 11.3 Å². The zero-order chi connectivity index (χ0) is 31.0. The summed E-state index contributed by atoms with van der Waals surface area (Å²) in [7, 11) is 0. The monoisotopic (exact) mass is 590 g/mol. The Balaban J connectivity index is 1.42. The van der Waals surface area contributed by atoms with Crippen LogP contribution in [0, 0.1) is 45.3 Å². The lowest BCUT2D eigenvalue weighted by atomic mass is 9.38. The normalized spacial score (nSPS) is 50.6. The van der Waals surface area contributed by atoms with E-state index in [1.165, 1.54) is 11.1 Å². The van der Waals surface area contributed by atoms with Crippen LogP contribution in [0.1, 0.15) is 100 Å². The van der Waals surface area contributed by atoms with Crippen molar-refractivity contribution in [1.82, 2.24) is 0 Å². The summed E-state index contributed by atoms with van der Waals surface area (Å²) in [6.45, 7) is 18.0. The Kier molecular flexibility index (Phi) is 8.71. The Bertz CT molecular complexity index is 1070. The van der Waals surface area contributed by atoms with Crippen LogP contribution in [0.2, 0.25) is 0 Å². The fourth-order valence-corrected chi connectivity index (χ4v) is 11.0. The van der Waals surface area contributed by atoms with Gasteiger partial charge in [-0.05, 0) is 92.8 Å². The van der Waals surface area contributed by atoms with Crippen molar-refractivity contribution in [2.45, 2.75) is 143 Å². The van der Waals surface area contributed by atoms with Gasteiger partial charge in [0.05, 0.1) is 24.9 Å². The second-order valence-corrected chi connectivity index (χ2v) is 16.3. The lowest BCUT2D eigenvalue weighted by Crippen LogP contribution is -2.63. The minimum atomic E-state index is -1.32. The first-order valence-electron chi connectivity index (χ1n) is 16.5. The third-order valence-corrected chi connectivity index (χ3v) is 13.3. The lowest BCUT2D eigenvalue weighted by Gasteiger charge is -2.67. The molecule has 0 bridgehead atoms. The quantitative estimate of drug-likeness (QED) is 0.284. The molecule has 5 aliphatic rings. The molecular formula is C35H58O7. The zero-order valence-corrected chi connectivity index (χ0v) is 27.2. The number of aliphatic hydroxyl groups excluding tert-OH is 5. The molecule has 5 rings (SSSR count). The van der Waals surface area contributed by atoms with Gasteiger partial charge in [-0.25, -0.2) is 0 Å². The van der Waals surface area contributed by atoms with Crippen LogP contribution in [0.25, 0.3) is 0 Å². The third-order valence-electron chi connectivity index (χ3n) is 13.3. The Morgan fingerprint density at radius 2 is 1.67 bits per heavy atom. The predicted octanol–water partition coefficient (Wildman–Crippen LogP) is 4.74. The highest BCUT2D eigenvalue weighted by Gasteiger charge is 2.71. The summed E-state index contributed by atoms with van der Waals surface area (Å²) in [5.41, 5.74) is 1.79. The summed E-state index contributed by atoms with van der Waals surface area (Å²) >= 11 is 0. The van der Waals surface area contributed by atoms with Gasteiger partial charge in [0.2, 0.25) is 0 Å². The molecule has 42 heavy (non-hydrogen) atoms. The van der Waals surface area contributed by atoms with Crippen LogP contribution in [0.4, 0.5) is 0 Å². The molecule has 1 aliphatic heterocycles. The minimum absolute atomic E-state index is 0.0514. The van der Waals surface area contributed by atoms with Crippen LogP contribution in [0.5, 0.6) is 0 Å². The molecule has 4 aliphatic carbocycles. The number of allylic oxidation sites excluding steroid dienone is 2. The summed E-state index contributed by atoms with van der Waals surface area (Å²) in [5.74, 6) is 0.960. The molecule has 14 atom stereocenters. The first-order valence-corrected chi connectivity index (χ1v) is 16.5. The highest BCUT2D eigenvalue weighted by atomic mass is 16.7. The Hall–Kier alpha value is -0.800. The number of hydrogen-bond donors (Lipinski definition) is 5. The molecule has 14 unspecified atom stereocenters. The van der Waals surface area contributed by atoms with Crippen LogP contribution >= 0.6 is 0 Å². The van der Waals surface area contributed by atoms with Crippen molar-refractivity contribution in [3.05, 3.63) is 23.3 Å². The number of ether oxygens (including phenoxy) is 2. The molecule has 3 saturated carbocycles. The molecule has 1 heterocycles. The first kappa shape index (κ1) is 32.6. The highest BCUT2D eigenvalue weighted by molar-refractivity contribution is 5.33. The van der Waals surface area contributed by atoms with Crippen molar-refractivity contribution in [3.63, 3.8) is 0 Å². The number of fused-ring (bicyclic) bond motifs is 5. The SMILES string of the molecule is CC(C)=CCCC(C)C1C(O)CC2(C)C3C(O)C=C4C(CCC(OC5OCC(O)C(O)C5O)C4(C)C)C3(C)CCC12C. The van der Waals surface area contributed by atoms with E-state index in [1.807, 2.05) is 0 Å². The van der Waals surface area contributed by atoms with Crippen molar-refractivity contribution in [2.75, 3.05) is 6.61 Å². The third kappa shape index (κ3) is 4.89. The summed E-state index contributed by atoms with van der Waals surface area (Å²) in [6, 6.07) is 0. The topological polar surface area (TPSA) is 120 Å². The molecule has 0 aromatic carbocycles. The van der Waals surface area contributed by atoms with E-state index in [0.29, 0.717) is 5.92 Å². The van der Waals surface area contributed by atoms with E-state index in [2.05, 4.69) is 67.5 Å². The Morgan fingerprint density at radius 3 is 2.33 bits per heavy atom. The molecule has 1 saturated heterocycles. The van der Waals surface area contributed by atoms with Gasteiger partial charge >= 0.3 is 0 Å². The molecular weight excluding hydrogens is 532 g/mol.